The SMILES string of the molecule is COC(=O)C[C@H]1[C@]2(C)C3CC=C(c4ccoc4)[C@@]3(C)O[C@@H]2[C@H](O)C2C(C)=CCC(=O)[C@@]21C. The summed E-state index contributed by atoms with van der Waals surface area (Å²) in [5.41, 5.74) is 0.888. The molecular weight excluding hydrogens is 408 g/mol. The normalized spacial score (nSPS) is 44.9. The Bertz CT molecular complexity index is 1020. The summed E-state index contributed by atoms with van der Waals surface area (Å²) in [5, 5.41) is 11.7. The third-order valence-corrected chi connectivity index (χ3v) is 9.40. The van der Waals surface area contributed by atoms with Gasteiger partial charge in [0, 0.05) is 41.1 Å². The molecule has 0 amide bonds. The van der Waals surface area contributed by atoms with E-state index in [9.17, 15) is 14.7 Å². The molecule has 1 N–H and O–H groups in total. The molecule has 2 heterocycles. The van der Waals surface area contributed by atoms with Crippen molar-refractivity contribution in [1.29, 1.82) is 0 Å². The fourth-order valence-electron chi connectivity index (χ4n) is 7.92. The number of ketones is 1. The molecule has 5 rings (SSSR count). The first-order chi connectivity index (χ1) is 15.1. The van der Waals surface area contributed by atoms with Crippen LogP contribution in [0.1, 0.15) is 52.5 Å². The number of aliphatic hydroxyl groups is 1. The van der Waals surface area contributed by atoms with E-state index in [2.05, 4.69) is 19.9 Å². The van der Waals surface area contributed by atoms with Crippen molar-refractivity contribution in [3.05, 3.63) is 41.9 Å². The minimum Gasteiger partial charge on any atom is -0.472 e. The first kappa shape index (κ1) is 21.7. The van der Waals surface area contributed by atoms with Crippen molar-refractivity contribution in [2.24, 2.45) is 28.6 Å². The van der Waals surface area contributed by atoms with E-state index < -0.39 is 28.6 Å². The molecule has 1 aromatic heterocycles. The summed E-state index contributed by atoms with van der Waals surface area (Å²) in [5.74, 6) is -0.955. The van der Waals surface area contributed by atoms with Crippen molar-refractivity contribution in [2.45, 2.75) is 64.8 Å². The number of methoxy groups -OCH3 is 1. The van der Waals surface area contributed by atoms with Crippen LogP contribution in [0, 0.1) is 28.6 Å². The lowest BCUT2D eigenvalue weighted by atomic mass is 9.43. The summed E-state index contributed by atoms with van der Waals surface area (Å²) >= 11 is 0. The van der Waals surface area contributed by atoms with Crippen LogP contribution in [0.5, 0.6) is 0 Å². The second-order valence-corrected chi connectivity index (χ2v) is 10.6. The van der Waals surface area contributed by atoms with Crippen molar-refractivity contribution in [1.82, 2.24) is 0 Å². The highest BCUT2D eigenvalue weighted by molar-refractivity contribution is 5.89. The van der Waals surface area contributed by atoms with Crippen LogP contribution in [0.3, 0.4) is 0 Å². The second-order valence-electron chi connectivity index (χ2n) is 10.6. The topological polar surface area (TPSA) is 86.0 Å². The lowest BCUT2D eigenvalue weighted by molar-refractivity contribution is -0.196. The lowest BCUT2D eigenvalue weighted by Gasteiger charge is -2.60. The van der Waals surface area contributed by atoms with E-state index in [0.717, 1.165) is 23.1 Å². The first-order valence-corrected chi connectivity index (χ1v) is 11.5. The highest BCUT2D eigenvalue weighted by Crippen LogP contribution is 2.71. The minimum absolute atomic E-state index is 0.00555. The van der Waals surface area contributed by atoms with Gasteiger partial charge < -0.3 is 19.0 Å². The number of ether oxygens (including phenoxy) is 2. The number of carbonyl (C=O) groups excluding carboxylic acids is 2. The van der Waals surface area contributed by atoms with Crippen LogP contribution in [0.2, 0.25) is 0 Å². The molecule has 0 bridgehead atoms. The molecule has 1 saturated heterocycles. The molecule has 0 spiro atoms. The van der Waals surface area contributed by atoms with Gasteiger partial charge in [0.1, 0.15) is 5.78 Å². The summed E-state index contributed by atoms with van der Waals surface area (Å²) in [6.45, 7) is 8.11. The Morgan fingerprint density at radius 1 is 1.28 bits per heavy atom. The quantitative estimate of drug-likeness (QED) is 0.566. The van der Waals surface area contributed by atoms with E-state index in [0.29, 0.717) is 6.42 Å². The number of carbonyl (C=O) groups is 2. The zero-order valence-electron chi connectivity index (χ0n) is 19.4. The van der Waals surface area contributed by atoms with Gasteiger partial charge in [-0.15, -0.1) is 0 Å². The van der Waals surface area contributed by atoms with Gasteiger partial charge in [0.2, 0.25) is 0 Å². The number of allylic oxidation sites excluding steroid dienone is 2. The lowest BCUT2D eigenvalue weighted by Crippen LogP contribution is -2.66. The van der Waals surface area contributed by atoms with Gasteiger partial charge in [-0.3, -0.25) is 9.59 Å². The van der Waals surface area contributed by atoms with E-state index in [4.69, 9.17) is 13.9 Å². The molecule has 1 aromatic rings. The summed E-state index contributed by atoms with van der Waals surface area (Å²) in [6.07, 6.45) is 7.32. The second kappa shape index (κ2) is 6.91. The Balaban J connectivity index is 1.68. The van der Waals surface area contributed by atoms with Gasteiger partial charge in [-0.1, -0.05) is 31.6 Å². The van der Waals surface area contributed by atoms with Crippen LogP contribution >= 0.6 is 0 Å². The van der Waals surface area contributed by atoms with Gasteiger partial charge >= 0.3 is 5.97 Å². The fraction of sp³-hybridized carbons (Fsp3) is 0.615. The third kappa shape index (κ3) is 2.48. The maximum atomic E-state index is 13.5. The highest BCUT2D eigenvalue weighted by atomic mass is 16.5. The molecule has 172 valence electrons. The number of fused-ring (bicyclic) bond motifs is 4. The Morgan fingerprint density at radius 2 is 2.03 bits per heavy atom. The van der Waals surface area contributed by atoms with Crippen LogP contribution in [0.25, 0.3) is 5.57 Å². The van der Waals surface area contributed by atoms with Crippen LogP contribution in [-0.2, 0) is 19.1 Å². The Morgan fingerprint density at radius 3 is 2.69 bits per heavy atom. The number of hydrogen-bond acceptors (Lipinski definition) is 6. The first-order valence-electron chi connectivity index (χ1n) is 11.5. The minimum atomic E-state index is -0.870. The predicted octanol–water partition coefficient (Wildman–Crippen LogP) is 3.94. The van der Waals surface area contributed by atoms with Crippen molar-refractivity contribution in [3.63, 3.8) is 0 Å². The molecule has 1 aliphatic heterocycles. The Labute approximate surface area is 188 Å². The van der Waals surface area contributed by atoms with Gasteiger partial charge in [0.05, 0.1) is 37.4 Å². The van der Waals surface area contributed by atoms with Gasteiger partial charge in [-0.05, 0) is 37.8 Å². The number of furan rings is 1. The molecule has 3 aliphatic carbocycles. The molecule has 6 heteroatoms. The van der Waals surface area contributed by atoms with Gasteiger partial charge in [-0.2, -0.15) is 0 Å². The number of esters is 1. The molecule has 2 unspecified atom stereocenters. The smallest absolute Gasteiger partial charge is 0.305 e. The summed E-state index contributed by atoms with van der Waals surface area (Å²) in [7, 11) is 1.39. The van der Waals surface area contributed by atoms with E-state index in [1.165, 1.54) is 7.11 Å². The number of aliphatic hydroxyl groups excluding tert-OH is 1. The van der Waals surface area contributed by atoms with Gasteiger partial charge in [0.15, 0.2) is 0 Å². The molecule has 2 fully saturated rings. The molecule has 6 nitrogen and oxygen atoms in total. The highest BCUT2D eigenvalue weighted by Gasteiger charge is 2.74. The average Bonchev–Trinajstić information content (AvgIpc) is 3.44. The van der Waals surface area contributed by atoms with E-state index in [-0.39, 0.29) is 35.9 Å². The van der Waals surface area contributed by atoms with E-state index in [1.54, 1.807) is 12.5 Å². The largest absolute Gasteiger partial charge is 0.472 e. The van der Waals surface area contributed by atoms with Crippen LogP contribution in [-0.4, -0.2) is 41.8 Å². The van der Waals surface area contributed by atoms with Crippen LogP contribution in [0.15, 0.2) is 40.7 Å². The molecular formula is C26H32O6. The monoisotopic (exact) mass is 440 g/mol. The molecule has 0 aromatic carbocycles. The fourth-order valence-corrected chi connectivity index (χ4v) is 7.92. The molecule has 4 aliphatic rings. The zero-order chi connectivity index (χ0) is 23.1. The van der Waals surface area contributed by atoms with Gasteiger partial charge in [0.25, 0.3) is 0 Å². The van der Waals surface area contributed by atoms with E-state index in [1.807, 2.05) is 26.0 Å². The Kier molecular flexibility index (Phi) is 4.68. The van der Waals surface area contributed by atoms with E-state index >= 15 is 0 Å². The molecule has 0 radical (unpaired) electrons. The molecule has 1 saturated carbocycles. The number of hydrogen-bond donors (Lipinski definition) is 1. The number of rotatable bonds is 3. The maximum absolute atomic E-state index is 13.5. The number of Topliss-reactive ketones (excluding diaryl/α,β-unsaturated/α-hetero) is 1. The summed E-state index contributed by atoms with van der Waals surface area (Å²) in [4.78, 5) is 26.1. The average molecular weight is 441 g/mol. The third-order valence-electron chi connectivity index (χ3n) is 9.40. The summed E-state index contributed by atoms with van der Waals surface area (Å²) in [6, 6.07) is 1.92. The van der Waals surface area contributed by atoms with Crippen molar-refractivity contribution < 1.29 is 28.6 Å². The molecule has 32 heavy (non-hydrogen) atoms. The van der Waals surface area contributed by atoms with Crippen LogP contribution in [0.4, 0.5) is 0 Å². The zero-order valence-corrected chi connectivity index (χ0v) is 19.4. The van der Waals surface area contributed by atoms with Crippen LogP contribution < -0.4 is 0 Å². The molecule has 8 atom stereocenters. The standard InChI is InChI=1S/C26H32O6/c1-14-6-9-19(27)25(3)18(12-20(28)30-5)24(2)17-8-7-16(15-10-11-31-13-15)26(17,4)32-23(24)22(29)21(14)25/h6-7,10-11,13,17-18,21-23,29H,8-9,12H2,1-5H3/t17?,18-,21?,22+,23+,24-,25-,26+/m0/s1. The Hall–Kier alpha value is -2.18. The van der Waals surface area contributed by atoms with Crippen molar-refractivity contribution in [2.75, 3.05) is 7.11 Å². The predicted molar refractivity (Wildman–Crippen MR) is 117 cm³/mol. The van der Waals surface area contributed by atoms with Gasteiger partial charge in [-0.25, -0.2) is 0 Å². The van der Waals surface area contributed by atoms with Crippen molar-refractivity contribution >= 4 is 17.3 Å². The summed E-state index contributed by atoms with van der Waals surface area (Å²) < 4.78 is 17.2. The maximum Gasteiger partial charge on any atom is 0.305 e. The van der Waals surface area contributed by atoms with Crippen molar-refractivity contribution in [3.8, 4) is 0 Å².